The van der Waals surface area contributed by atoms with Crippen molar-refractivity contribution < 1.29 is 13.9 Å². The van der Waals surface area contributed by atoms with Crippen molar-refractivity contribution in [3.8, 4) is 0 Å². The standard InChI is InChI=1S/C18H25N3O3/c1-12-10-13(2)21(19-12)14(3)18(22)20-9-5-6-16(20)17-8-7-15(24-17)11-23-4/h7-8,10,14,16H,5-6,9,11H2,1-4H3/t14-,16+/m1/s1. The molecule has 6 nitrogen and oxygen atoms in total. The summed E-state index contributed by atoms with van der Waals surface area (Å²) in [5.74, 6) is 1.72. The van der Waals surface area contributed by atoms with Gasteiger partial charge in [0.1, 0.15) is 24.2 Å². The Labute approximate surface area is 142 Å². The Morgan fingerprint density at radius 2 is 2.25 bits per heavy atom. The van der Waals surface area contributed by atoms with Gasteiger partial charge in [0.05, 0.1) is 11.7 Å². The average Bonchev–Trinajstić information content (AvgIpc) is 3.25. The maximum atomic E-state index is 13.0. The van der Waals surface area contributed by atoms with Crippen molar-refractivity contribution in [2.75, 3.05) is 13.7 Å². The highest BCUT2D eigenvalue weighted by molar-refractivity contribution is 5.80. The van der Waals surface area contributed by atoms with E-state index in [4.69, 9.17) is 9.15 Å². The van der Waals surface area contributed by atoms with E-state index in [1.807, 2.05) is 48.6 Å². The molecule has 130 valence electrons. The summed E-state index contributed by atoms with van der Waals surface area (Å²) in [6.45, 7) is 7.04. The summed E-state index contributed by atoms with van der Waals surface area (Å²) in [6.07, 6.45) is 1.91. The molecule has 3 rings (SSSR count). The van der Waals surface area contributed by atoms with E-state index in [1.54, 1.807) is 7.11 Å². The van der Waals surface area contributed by atoms with Gasteiger partial charge >= 0.3 is 0 Å². The van der Waals surface area contributed by atoms with Crippen LogP contribution in [0.5, 0.6) is 0 Å². The van der Waals surface area contributed by atoms with Crippen molar-refractivity contribution in [2.24, 2.45) is 0 Å². The topological polar surface area (TPSA) is 60.5 Å². The van der Waals surface area contributed by atoms with Crippen LogP contribution in [0, 0.1) is 13.8 Å². The molecular weight excluding hydrogens is 306 g/mol. The summed E-state index contributed by atoms with van der Waals surface area (Å²) >= 11 is 0. The predicted octanol–water partition coefficient (Wildman–Crippen LogP) is 3.16. The Bertz CT molecular complexity index is 719. The van der Waals surface area contributed by atoms with E-state index in [2.05, 4.69) is 5.10 Å². The van der Waals surface area contributed by atoms with Gasteiger partial charge in [-0.2, -0.15) is 5.10 Å². The second-order valence-electron chi connectivity index (χ2n) is 6.47. The second kappa shape index (κ2) is 6.81. The monoisotopic (exact) mass is 331 g/mol. The van der Waals surface area contributed by atoms with Crippen LogP contribution in [0.25, 0.3) is 0 Å². The van der Waals surface area contributed by atoms with Gasteiger partial charge in [0.2, 0.25) is 5.91 Å². The Kier molecular flexibility index (Phi) is 4.76. The number of aryl methyl sites for hydroxylation is 2. The Morgan fingerprint density at radius 3 is 2.92 bits per heavy atom. The fourth-order valence-electron chi connectivity index (χ4n) is 3.50. The smallest absolute Gasteiger partial charge is 0.247 e. The van der Waals surface area contributed by atoms with Gasteiger partial charge in [-0.05, 0) is 51.8 Å². The van der Waals surface area contributed by atoms with Crippen molar-refractivity contribution in [3.05, 3.63) is 41.1 Å². The van der Waals surface area contributed by atoms with E-state index in [-0.39, 0.29) is 18.0 Å². The third-order valence-corrected chi connectivity index (χ3v) is 4.60. The van der Waals surface area contributed by atoms with E-state index in [0.29, 0.717) is 6.61 Å². The molecule has 1 amide bonds. The van der Waals surface area contributed by atoms with Crippen LogP contribution >= 0.6 is 0 Å². The average molecular weight is 331 g/mol. The SMILES string of the molecule is COCc1ccc([C@@H]2CCCN2C(=O)[C@@H](C)n2nc(C)cc2C)o1. The van der Waals surface area contributed by atoms with E-state index in [1.165, 1.54) is 0 Å². The molecule has 0 aromatic carbocycles. The largest absolute Gasteiger partial charge is 0.461 e. The van der Waals surface area contributed by atoms with Gasteiger partial charge in [0.25, 0.3) is 0 Å². The molecule has 2 aromatic heterocycles. The molecule has 3 heterocycles. The zero-order chi connectivity index (χ0) is 17.3. The molecule has 0 radical (unpaired) electrons. The molecule has 1 aliphatic rings. The lowest BCUT2D eigenvalue weighted by molar-refractivity contribution is -0.135. The molecular formula is C18H25N3O3. The first-order chi connectivity index (χ1) is 11.5. The molecule has 0 spiro atoms. The molecule has 0 saturated carbocycles. The predicted molar refractivity (Wildman–Crippen MR) is 89.5 cm³/mol. The van der Waals surface area contributed by atoms with Crippen molar-refractivity contribution in [3.63, 3.8) is 0 Å². The number of furan rings is 1. The molecule has 1 saturated heterocycles. The van der Waals surface area contributed by atoms with Gasteiger partial charge in [0.15, 0.2) is 0 Å². The first-order valence-electron chi connectivity index (χ1n) is 8.42. The van der Waals surface area contributed by atoms with Gasteiger partial charge in [-0.1, -0.05) is 0 Å². The van der Waals surface area contributed by atoms with Crippen LogP contribution < -0.4 is 0 Å². The van der Waals surface area contributed by atoms with E-state index in [0.717, 1.165) is 42.3 Å². The fourth-order valence-corrected chi connectivity index (χ4v) is 3.50. The molecule has 0 aliphatic carbocycles. The van der Waals surface area contributed by atoms with E-state index < -0.39 is 0 Å². The van der Waals surface area contributed by atoms with Crippen LogP contribution in [0.2, 0.25) is 0 Å². The number of rotatable bonds is 5. The maximum Gasteiger partial charge on any atom is 0.247 e. The summed E-state index contributed by atoms with van der Waals surface area (Å²) in [7, 11) is 1.64. The van der Waals surface area contributed by atoms with Gasteiger partial charge in [-0.25, -0.2) is 0 Å². The first kappa shape index (κ1) is 16.8. The highest BCUT2D eigenvalue weighted by Crippen LogP contribution is 2.34. The third kappa shape index (κ3) is 3.11. The van der Waals surface area contributed by atoms with Gasteiger partial charge in [0, 0.05) is 19.3 Å². The number of likely N-dealkylation sites (tertiary alicyclic amines) is 1. The van der Waals surface area contributed by atoms with E-state index >= 15 is 0 Å². The van der Waals surface area contributed by atoms with Crippen molar-refractivity contribution in [2.45, 2.75) is 52.3 Å². The van der Waals surface area contributed by atoms with Crippen molar-refractivity contribution in [1.29, 1.82) is 0 Å². The lowest BCUT2D eigenvalue weighted by Gasteiger charge is -2.27. The molecule has 24 heavy (non-hydrogen) atoms. The molecule has 0 N–H and O–H groups in total. The lowest BCUT2D eigenvalue weighted by atomic mass is 10.1. The number of methoxy groups -OCH3 is 1. The van der Waals surface area contributed by atoms with Crippen LogP contribution in [0.15, 0.2) is 22.6 Å². The maximum absolute atomic E-state index is 13.0. The molecule has 2 atom stereocenters. The first-order valence-corrected chi connectivity index (χ1v) is 8.42. The second-order valence-corrected chi connectivity index (χ2v) is 6.47. The van der Waals surface area contributed by atoms with Crippen molar-refractivity contribution >= 4 is 5.91 Å². The minimum atomic E-state index is -0.312. The fraction of sp³-hybridized carbons (Fsp3) is 0.556. The number of ether oxygens (including phenoxy) is 1. The van der Waals surface area contributed by atoms with Gasteiger partial charge in [-0.3, -0.25) is 9.48 Å². The normalized spacial score (nSPS) is 19.0. The summed E-state index contributed by atoms with van der Waals surface area (Å²) in [5, 5.41) is 4.46. The van der Waals surface area contributed by atoms with Crippen LogP contribution in [0.3, 0.4) is 0 Å². The minimum absolute atomic E-state index is 0.00233. The summed E-state index contributed by atoms with van der Waals surface area (Å²) in [5.41, 5.74) is 1.94. The molecule has 2 aromatic rings. The van der Waals surface area contributed by atoms with Crippen molar-refractivity contribution in [1.82, 2.24) is 14.7 Å². The number of hydrogen-bond donors (Lipinski definition) is 0. The zero-order valence-electron chi connectivity index (χ0n) is 14.8. The number of aromatic nitrogens is 2. The zero-order valence-corrected chi connectivity index (χ0v) is 14.8. The molecule has 1 aliphatic heterocycles. The van der Waals surface area contributed by atoms with Gasteiger partial charge in [-0.15, -0.1) is 0 Å². The van der Waals surface area contributed by atoms with Crippen LogP contribution in [0.4, 0.5) is 0 Å². The summed E-state index contributed by atoms with van der Waals surface area (Å²) in [4.78, 5) is 14.9. The number of amides is 1. The van der Waals surface area contributed by atoms with Crippen LogP contribution in [-0.4, -0.2) is 34.2 Å². The number of nitrogens with zero attached hydrogens (tertiary/aromatic N) is 3. The Morgan fingerprint density at radius 1 is 1.46 bits per heavy atom. The number of hydrogen-bond acceptors (Lipinski definition) is 4. The third-order valence-electron chi connectivity index (χ3n) is 4.60. The number of carbonyl (C=O) groups is 1. The number of carbonyl (C=O) groups excluding carboxylic acids is 1. The molecule has 1 fully saturated rings. The van der Waals surface area contributed by atoms with E-state index in [9.17, 15) is 4.79 Å². The molecule has 6 heteroatoms. The highest BCUT2D eigenvalue weighted by Gasteiger charge is 2.35. The Balaban J connectivity index is 1.79. The van der Waals surface area contributed by atoms with Gasteiger partial charge < -0.3 is 14.1 Å². The molecule has 0 bridgehead atoms. The minimum Gasteiger partial charge on any atom is -0.461 e. The van der Waals surface area contributed by atoms with Crippen LogP contribution in [-0.2, 0) is 16.1 Å². The lowest BCUT2D eigenvalue weighted by Crippen LogP contribution is -2.36. The van der Waals surface area contributed by atoms with Crippen LogP contribution in [0.1, 0.15) is 54.8 Å². The molecule has 0 unspecified atom stereocenters. The Hall–Kier alpha value is -2.08. The highest BCUT2D eigenvalue weighted by atomic mass is 16.5. The quantitative estimate of drug-likeness (QED) is 0.844. The summed E-state index contributed by atoms with van der Waals surface area (Å²) in [6, 6.07) is 5.56. The summed E-state index contributed by atoms with van der Waals surface area (Å²) < 4.78 is 12.8.